The lowest BCUT2D eigenvalue weighted by atomic mass is 10.0. The van der Waals surface area contributed by atoms with Crippen LogP contribution < -0.4 is 0 Å². The lowest BCUT2D eigenvalue weighted by molar-refractivity contribution is -0.130. The highest BCUT2D eigenvalue weighted by Gasteiger charge is 2.43. The average Bonchev–Trinajstić information content (AvgIpc) is 3.23. The van der Waals surface area contributed by atoms with E-state index >= 15 is 0 Å². The summed E-state index contributed by atoms with van der Waals surface area (Å²) >= 11 is 0. The minimum Gasteiger partial charge on any atom is -0.426 e. The van der Waals surface area contributed by atoms with E-state index in [9.17, 15) is 4.79 Å². The van der Waals surface area contributed by atoms with E-state index in [1.54, 1.807) is 6.92 Å². The molecule has 0 N–H and O–H groups in total. The molecule has 1 aromatic heterocycles. The topological polar surface area (TPSA) is 68.5 Å². The smallest absolute Gasteiger partial charge is 0.227 e. The lowest BCUT2D eigenvalue weighted by Gasteiger charge is -2.19. The Balaban J connectivity index is 1.30. The van der Waals surface area contributed by atoms with Crippen LogP contribution in [0.1, 0.15) is 23.8 Å². The molecule has 24 heavy (non-hydrogen) atoms. The molecule has 0 bridgehead atoms. The SMILES string of the molecule is Cc1nnc(C[C@H]2C[C@H]3CN(C(=O)Cc4ccccc4)C[C@H]3O2)o1. The Bertz CT molecular complexity index is 701. The van der Waals surface area contributed by atoms with Gasteiger partial charge in [-0.15, -0.1) is 10.2 Å². The van der Waals surface area contributed by atoms with Gasteiger partial charge in [0, 0.05) is 25.9 Å². The number of nitrogens with zero attached hydrogens (tertiary/aromatic N) is 3. The van der Waals surface area contributed by atoms with Gasteiger partial charge in [-0.3, -0.25) is 4.79 Å². The summed E-state index contributed by atoms with van der Waals surface area (Å²) in [6.07, 6.45) is 2.32. The van der Waals surface area contributed by atoms with Crippen LogP contribution in [-0.2, 0) is 22.4 Å². The molecule has 0 aliphatic carbocycles. The zero-order chi connectivity index (χ0) is 16.5. The molecule has 2 aliphatic heterocycles. The molecule has 2 aliphatic rings. The maximum absolute atomic E-state index is 12.5. The Morgan fingerprint density at radius 2 is 2.08 bits per heavy atom. The third-order valence-corrected chi connectivity index (χ3v) is 4.83. The maximum Gasteiger partial charge on any atom is 0.227 e. The Labute approximate surface area is 140 Å². The number of likely N-dealkylation sites (tertiary alicyclic amines) is 1. The van der Waals surface area contributed by atoms with Crippen molar-refractivity contribution in [1.29, 1.82) is 0 Å². The first-order chi connectivity index (χ1) is 11.7. The number of benzene rings is 1. The van der Waals surface area contributed by atoms with Gasteiger partial charge in [0.15, 0.2) is 0 Å². The fourth-order valence-corrected chi connectivity index (χ4v) is 3.69. The summed E-state index contributed by atoms with van der Waals surface area (Å²) in [7, 11) is 0. The molecule has 4 rings (SSSR count). The van der Waals surface area contributed by atoms with Crippen LogP contribution in [0.2, 0.25) is 0 Å². The highest BCUT2D eigenvalue weighted by atomic mass is 16.5. The van der Waals surface area contributed by atoms with Gasteiger partial charge in [0.05, 0.1) is 25.0 Å². The largest absolute Gasteiger partial charge is 0.426 e. The standard InChI is InChI=1S/C18H21N3O3/c1-12-19-20-17(23-12)9-15-8-14-10-21(11-16(14)24-15)18(22)7-13-5-3-2-4-6-13/h2-6,14-16H,7-11H2,1H3/t14-,15+,16+/m0/s1. The van der Waals surface area contributed by atoms with Crippen LogP contribution in [0.3, 0.4) is 0 Å². The van der Waals surface area contributed by atoms with Gasteiger partial charge in [0.25, 0.3) is 0 Å². The van der Waals surface area contributed by atoms with Gasteiger partial charge in [-0.25, -0.2) is 0 Å². The van der Waals surface area contributed by atoms with E-state index in [0.717, 1.165) is 18.5 Å². The second-order valence-electron chi connectivity index (χ2n) is 6.67. The molecular weight excluding hydrogens is 306 g/mol. The second kappa shape index (κ2) is 6.36. The Hall–Kier alpha value is -2.21. The monoisotopic (exact) mass is 327 g/mol. The average molecular weight is 327 g/mol. The zero-order valence-electron chi connectivity index (χ0n) is 13.7. The first-order valence-electron chi connectivity index (χ1n) is 8.43. The Morgan fingerprint density at radius 1 is 1.25 bits per heavy atom. The van der Waals surface area contributed by atoms with E-state index in [4.69, 9.17) is 9.15 Å². The third-order valence-electron chi connectivity index (χ3n) is 4.83. The van der Waals surface area contributed by atoms with Crippen molar-refractivity contribution >= 4 is 5.91 Å². The van der Waals surface area contributed by atoms with Crippen LogP contribution >= 0.6 is 0 Å². The van der Waals surface area contributed by atoms with Crippen molar-refractivity contribution < 1.29 is 13.9 Å². The second-order valence-corrected chi connectivity index (χ2v) is 6.67. The molecule has 0 spiro atoms. The van der Waals surface area contributed by atoms with E-state index in [2.05, 4.69) is 10.2 Å². The van der Waals surface area contributed by atoms with E-state index < -0.39 is 0 Å². The molecule has 2 aromatic rings. The predicted octanol–water partition coefficient (Wildman–Crippen LogP) is 1.78. The minimum atomic E-state index is 0.117. The summed E-state index contributed by atoms with van der Waals surface area (Å²) in [4.78, 5) is 14.4. The van der Waals surface area contributed by atoms with Crippen molar-refractivity contribution in [1.82, 2.24) is 15.1 Å². The molecule has 6 heteroatoms. The molecule has 126 valence electrons. The summed E-state index contributed by atoms with van der Waals surface area (Å²) < 4.78 is 11.5. The van der Waals surface area contributed by atoms with Gasteiger partial charge in [-0.05, 0) is 12.0 Å². The quantitative estimate of drug-likeness (QED) is 0.856. The molecule has 3 heterocycles. The van der Waals surface area contributed by atoms with Crippen molar-refractivity contribution in [2.24, 2.45) is 5.92 Å². The summed E-state index contributed by atoms with van der Waals surface area (Å²) in [5.41, 5.74) is 1.06. The molecule has 3 atom stereocenters. The van der Waals surface area contributed by atoms with Crippen LogP contribution in [0, 0.1) is 12.8 Å². The van der Waals surface area contributed by atoms with E-state index in [0.29, 0.717) is 37.1 Å². The summed E-state index contributed by atoms with van der Waals surface area (Å²) in [5.74, 6) is 1.82. The number of aryl methyl sites for hydroxylation is 1. The summed E-state index contributed by atoms with van der Waals surface area (Å²) in [6.45, 7) is 3.27. The number of aromatic nitrogens is 2. The first-order valence-corrected chi connectivity index (χ1v) is 8.43. The van der Waals surface area contributed by atoms with E-state index in [-0.39, 0.29) is 18.1 Å². The molecular formula is C18H21N3O3. The summed E-state index contributed by atoms with van der Waals surface area (Å²) in [5, 5.41) is 7.88. The minimum absolute atomic E-state index is 0.117. The number of carbonyl (C=O) groups is 1. The number of fused-ring (bicyclic) bond motifs is 1. The molecule has 1 aromatic carbocycles. The van der Waals surface area contributed by atoms with Crippen LogP contribution in [0.25, 0.3) is 0 Å². The molecule has 0 saturated carbocycles. The molecule has 2 saturated heterocycles. The highest BCUT2D eigenvalue weighted by molar-refractivity contribution is 5.79. The number of carbonyl (C=O) groups excluding carboxylic acids is 1. The fourth-order valence-electron chi connectivity index (χ4n) is 3.69. The third kappa shape index (κ3) is 3.19. The van der Waals surface area contributed by atoms with E-state index in [1.165, 1.54) is 0 Å². The lowest BCUT2D eigenvalue weighted by Crippen LogP contribution is -2.32. The van der Waals surface area contributed by atoms with Gasteiger partial charge in [0.2, 0.25) is 17.7 Å². The van der Waals surface area contributed by atoms with E-state index in [1.807, 2.05) is 35.2 Å². The van der Waals surface area contributed by atoms with Gasteiger partial charge in [0.1, 0.15) is 0 Å². The number of amides is 1. The normalized spacial score (nSPS) is 25.9. The first kappa shape index (κ1) is 15.3. The maximum atomic E-state index is 12.5. The molecule has 2 fully saturated rings. The van der Waals surface area contributed by atoms with Gasteiger partial charge in [-0.1, -0.05) is 30.3 Å². The Morgan fingerprint density at radius 3 is 2.79 bits per heavy atom. The van der Waals surface area contributed by atoms with Crippen molar-refractivity contribution in [3.05, 3.63) is 47.7 Å². The number of hydrogen-bond donors (Lipinski definition) is 0. The molecule has 1 amide bonds. The van der Waals surface area contributed by atoms with Crippen LogP contribution in [-0.4, -0.2) is 46.3 Å². The van der Waals surface area contributed by atoms with Gasteiger partial charge in [-0.2, -0.15) is 0 Å². The number of hydrogen-bond acceptors (Lipinski definition) is 5. The fraction of sp³-hybridized carbons (Fsp3) is 0.500. The number of rotatable bonds is 4. The Kier molecular flexibility index (Phi) is 4.06. The van der Waals surface area contributed by atoms with Crippen molar-refractivity contribution in [3.8, 4) is 0 Å². The van der Waals surface area contributed by atoms with Crippen molar-refractivity contribution in [3.63, 3.8) is 0 Å². The summed E-state index contributed by atoms with van der Waals surface area (Å²) in [6, 6.07) is 9.89. The zero-order valence-corrected chi connectivity index (χ0v) is 13.7. The number of ether oxygens (including phenoxy) is 1. The van der Waals surface area contributed by atoms with Crippen LogP contribution in [0.5, 0.6) is 0 Å². The van der Waals surface area contributed by atoms with Crippen LogP contribution in [0.15, 0.2) is 34.7 Å². The molecule has 0 unspecified atom stereocenters. The van der Waals surface area contributed by atoms with Gasteiger partial charge >= 0.3 is 0 Å². The van der Waals surface area contributed by atoms with Crippen molar-refractivity contribution in [2.75, 3.05) is 13.1 Å². The molecule has 0 radical (unpaired) electrons. The van der Waals surface area contributed by atoms with Crippen molar-refractivity contribution in [2.45, 2.75) is 38.4 Å². The molecule has 6 nitrogen and oxygen atoms in total. The van der Waals surface area contributed by atoms with Gasteiger partial charge < -0.3 is 14.1 Å². The van der Waals surface area contributed by atoms with Crippen LogP contribution in [0.4, 0.5) is 0 Å². The predicted molar refractivity (Wildman–Crippen MR) is 86.2 cm³/mol. The highest BCUT2D eigenvalue weighted by Crippen LogP contribution is 2.34.